The van der Waals surface area contributed by atoms with E-state index >= 15 is 0 Å². The van der Waals surface area contributed by atoms with Crippen LogP contribution < -0.4 is 15.2 Å². The fraction of sp³-hybridized carbons (Fsp3) is 0.571. The summed E-state index contributed by atoms with van der Waals surface area (Å²) in [6, 6.07) is 6.26. The summed E-state index contributed by atoms with van der Waals surface area (Å²) in [5.74, 6) is 1.65. The largest absolute Gasteiger partial charge is 0.493 e. The van der Waals surface area contributed by atoms with Crippen LogP contribution in [-0.4, -0.2) is 20.3 Å². The molecule has 17 heavy (non-hydrogen) atoms. The smallest absolute Gasteiger partial charge is 0.161 e. The second kappa shape index (κ2) is 4.96. The molecular formula is C14H21NO2. The van der Waals surface area contributed by atoms with Crippen LogP contribution in [0.15, 0.2) is 18.2 Å². The Bertz CT molecular complexity index is 386. The Morgan fingerprint density at radius 2 is 2.06 bits per heavy atom. The van der Waals surface area contributed by atoms with Crippen LogP contribution in [0.2, 0.25) is 0 Å². The average molecular weight is 235 g/mol. The quantitative estimate of drug-likeness (QED) is 0.823. The van der Waals surface area contributed by atoms with E-state index in [1.54, 1.807) is 7.11 Å². The predicted molar refractivity (Wildman–Crippen MR) is 68.7 cm³/mol. The zero-order valence-corrected chi connectivity index (χ0v) is 10.7. The zero-order valence-electron chi connectivity index (χ0n) is 10.7. The lowest BCUT2D eigenvalue weighted by Gasteiger charge is -2.17. The van der Waals surface area contributed by atoms with E-state index < -0.39 is 0 Å². The molecule has 3 heteroatoms. The van der Waals surface area contributed by atoms with Crippen LogP contribution >= 0.6 is 0 Å². The third-order valence-electron chi connectivity index (χ3n) is 3.55. The average Bonchev–Trinajstić information content (AvgIpc) is 3.11. The lowest BCUT2D eigenvalue weighted by atomic mass is 9.92. The summed E-state index contributed by atoms with van der Waals surface area (Å²) < 4.78 is 10.9. The highest BCUT2D eigenvalue weighted by molar-refractivity contribution is 5.46. The van der Waals surface area contributed by atoms with Crippen molar-refractivity contribution in [3.05, 3.63) is 23.8 Å². The molecule has 1 fully saturated rings. The summed E-state index contributed by atoms with van der Waals surface area (Å²) in [5, 5.41) is 0. The first-order valence-electron chi connectivity index (χ1n) is 6.27. The molecule has 0 atom stereocenters. The number of hydrogen-bond donors (Lipinski definition) is 1. The normalized spacial score (nSPS) is 16.6. The topological polar surface area (TPSA) is 44.5 Å². The summed E-state index contributed by atoms with van der Waals surface area (Å²) in [5.41, 5.74) is 7.34. The minimum atomic E-state index is 0.312. The third kappa shape index (κ3) is 2.39. The van der Waals surface area contributed by atoms with Crippen molar-refractivity contribution >= 4 is 0 Å². The Morgan fingerprint density at radius 3 is 2.59 bits per heavy atom. The van der Waals surface area contributed by atoms with Crippen molar-refractivity contribution in [2.75, 3.05) is 20.3 Å². The Hall–Kier alpha value is -1.22. The highest BCUT2D eigenvalue weighted by Crippen LogP contribution is 2.52. The van der Waals surface area contributed by atoms with Gasteiger partial charge in [0.2, 0.25) is 0 Å². The Kier molecular flexibility index (Phi) is 3.57. The molecule has 0 aliphatic heterocycles. The van der Waals surface area contributed by atoms with Gasteiger partial charge in [0, 0.05) is 0 Å². The number of methoxy groups -OCH3 is 1. The van der Waals surface area contributed by atoms with Gasteiger partial charge in [-0.2, -0.15) is 0 Å². The lowest BCUT2D eigenvalue weighted by Crippen LogP contribution is -2.13. The first-order valence-corrected chi connectivity index (χ1v) is 6.27. The number of hydrogen-bond acceptors (Lipinski definition) is 3. The monoisotopic (exact) mass is 235 g/mol. The fourth-order valence-electron chi connectivity index (χ4n) is 2.39. The number of rotatable bonds is 6. The van der Waals surface area contributed by atoms with Crippen LogP contribution in [0.1, 0.15) is 31.7 Å². The predicted octanol–water partition coefficient (Wildman–Crippen LogP) is 2.47. The maximum Gasteiger partial charge on any atom is 0.161 e. The fourth-order valence-corrected chi connectivity index (χ4v) is 2.39. The van der Waals surface area contributed by atoms with Crippen molar-refractivity contribution in [1.29, 1.82) is 0 Å². The minimum absolute atomic E-state index is 0.312. The van der Waals surface area contributed by atoms with Gasteiger partial charge in [0.1, 0.15) is 0 Å². The number of ether oxygens (including phenoxy) is 2. The second-order valence-electron chi connectivity index (χ2n) is 4.62. The molecule has 3 nitrogen and oxygen atoms in total. The van der Waals surface area contributed by atoms with Crippen LogP contribution in [0.3, 0.4) is 0 Å². The first-order chi connectivity index (χ1) is 8.25. The van der Waals surface area contributed by atoms with Crippen molar-refractivity contribution in [2.45, 2.75) is 31.6 Å². The van der Waals surface area contributed by atoms with Crippen molar-refractivity contribution in [3.8, 4) is 11.5 Å². The molecule has 0 unspecified atom stereocenters. The SMILES string of the molecule is CCOc1cc(C2(CCN)CC2)ccc1OC. The van der Waals surface area contributed by atoms with Gasteiger partial charge < -0.3 is 15.2 Å². The number of benzene rings is 1. The van der Waals surface area contributed by atoms with E-state index in [1.807, 2.05) is 13.0 Å². The molecular weight excluding hydrogens is 214 g/mol. The van der Waals surface area contributed by atoms with Gasteiger partial charge in [-0.1, -0.05) is 6.07 Å². The highest BCUT2D eigenvalue weighted by Gasteiger charge is 2.43. The summed E-state index contributed by atoms with van der Waals surface area (Å²) in [6.07, 6.45) is 3.54. The van der Waals surface area contributed by atoms with Gasteiger partial charge in [-0.3, -0.25) is 0 Å². The summed E-state index contributed by atoms with van der Waals surface area (Å²) >= 11 is 0. The van der Waals surface area contributed by atoms with Crippen molar-refractivity contribution in [3.63, 3.8) is 0 Å². The molecule has 0 saturated heterocycles. The van der Waals surface area contributed by atoms with Crippen LogP contribution in [0.25, 0.3) is 0 Å². The molecule has 0 aromatic heterocycles. The van der Waals surface area contributed by atoms with Crippen molar-refractivity contribution in [2.24, 2.45) is 5.73 Å². The maximum absolute atomic E-state index is 5.69. The van der Waals surface area contributed by atoms with Gasteiger partial charge in [0.05, 0.1) is 13.7 Å². The summed E-state index contributed by atoms with van der Waals surface area (Å²) in [4.78, 5) is 0. The summed E-state index contributed by atoms with van der Waals surface area (Å²) in [7, 11) is 1.67. The molecule has 1 aliphatic rings. The van der Waals surface area contributed by atoms with Crippen LogP contribution in [0.5, 0.6) is 11.5 Å². The molecule has 1 saturated carbocycles. The molecule has 1 aliphatic carbocycles. The van der Waals surface area contributed by atoms with Gasteiger partial charge in [0.15, 0.2) is 11.5 Å². The van der Waals surface area contributed by atoms with Crippen LogP contribution in [0.4, 0.5) is 0 Å². The van der Waals surface area contributed by atoms with Gasteiger partial charge >= 0.3 is 0 Å². The Balaban J connectivity index is 2.27. The molecule has 1 aromatic rings. The summed E-state index contributed by atoms with van der Waals surface area (Å²) in [6.45, 7) is 3.39. The molecule has 0 amide bonds. The van der Waals surface area contributed by atoms with Gasteiger partial charge in [0.25, 0.3) is 0 Å². The second-order valence-corrected chi connectivity index (χ2v) is 4.62. The van der Waals surface area contributed by atoms with Gasteiger partial charge in [-0.05, 0) is 55.8 Å². The van der Waals surface area contributed by atoms with Crippen molar-refractivity contribution < 1.29 is 9.47 Å². The first kappa shape index (κ1) is 12.2. The molecule has 2 rings (SSSR count). The Morgan fingerprint density at radius 1 is 1.29 bits per heavy atom. The minimum Gasteiger partial charge on any atom is -0.493 e. The lowest BCUT2D eigenvalue weighted by molar-refractivity contribution is 0.310. The highest BCUT2D eigenvalue weighted by atomic mass is 16.5. The molecule has 0 radical (unpaired) electrons. The molecule has 1 aromatic carbocycles. The van der Waals surface area contributed by atoms with E-state index in [-0.39, 0.29) is 0 Å². The maximum atomic E-state index is 5.69. The molecule has 94 valence electrons. The molecule has 0 heterocycles. The van der Waals surface area contributed by atoms with Gasteiger partial charge in [-0.25, -0.2) is 0 Å². The Labute approximate surface area is 103 Å². The molecule has 2 N–H and O–H groups in total. The van der Waals surface area contributed by atoms with Crippen molar-refractivity contribution in [1.82, 2.24) is 0 Å². The van der Waals surface area contributed by atoms with Gasteiger partial charge in [-0.15, -0.1) is 0 Å². The van der Waals surface area contributed by atoms with E-state index in [0.717, 1.165) is 24.5 Å². The van der Waals surface area contributed by atoms with E-state index in [0.29, 0.717) is 12.0 Å². The van der Waals surface area contributed by atoms with E-state index in [2.05, 4.69) is 12.1 Å². The zero-order chi connectivity index (χ0) is 12.3. The molecule has 0 bridgehead atoms. The van der Waals surface area contributed by atoms with Crippen LogP contribution in [0, 0.1) is 0 Å². The van der Waals surface area contributed by atoms with E-state index in [1.165, 1.54) is 18.4 Å². The standard InChI is InChI=1S/C14H21NO2/c1-3-17-13-10-11(4-5-12(13)16-2)14(6-7-14)8-9-15/h4-5,10H,3,6-9,15H2,1-2H3. The molecule has 0 spiro atoms. The van der Waals surface area contributed by atoms with Crippen LogP contribution in [-0.2, 0) is 5.41 Å². The van der Waals surface area contributed by atoms with E-state index in [9.17, 15) is 0 Å². The third-order valence-corrected chi connectivity index (χ3v) is 3.55. The van der Waals surface area contributed by atoms with E-state index in [4.69, 9.17) is 15.2 Å². The number of nitrogens with two attached hydrogens (primary N) is 1.